The second kappa shape index (κ2) is 12.1. The van der Waals surface area contributed by atoms with Gasteiger partial charge < -0.3 is 19.4 Å². The van der Waals surface area contributed by atoms with Crippen LogP contribution in [-0.4, -0.2) is 46.9 Å². The molecule has 0 amide bonds. The van der Waals surface area contributed by atoms with Crippen molar-refractivity contribution in [2.75, 3.05) is 11.9 Å². The number of imidazole rings is 1. The maximum absolute atomic E-state index is 13.6. The molecule has 0 aliphatic rings. The molecule has 5 aromatic rings. The predicted molar refractivity (Wildman–Crippen MR) is 146 cm³/mol. The smallest absolute Gasteiger partial charge is 0.435 e. The number of anilines is 2. The molecule has 0 radical (unpaired) electrons. The number of ether oxygens (including phenoxy) is 2. The summed E-state index contributed by atoms with van der Waals surface area (Å²) in [5, 5.41) is 6.31. The number of carbonyl (C=O) groups is 1. The lowest BCUT2D eigenvalue weighted by Gasteiger charge is -2.14. The van der Waals surface area contributed by atoms with Crippen molar-refractivity contribution >= 4 is 29.2 Å². The van der Waals surface area contributed by atoms with Gasteiger partial charge in [-0.05, 0) is 37.3 Å². The normalized spacial score (nSPS) is 11.4. The van der Waals surface area contributed by atoms with Crippen LogP contribution in [0, 0.1) is 5.82 Å². The third-order valence-corrected chi connectivity index (χ3v) is 6.25. The highest BCUT2D eigenvalue weighted by molar-refractivity contribution is 6.31. The topological polar surface area (TPSA) is 122 Å². The molecule has 0 bridgehead atoms. The molecule has 0 aliphatic carbocycles. The van der Waals surface area contributed by atoms with Crippen LogP contribution in [0.5, 0.6) is 5.88 Å². The Morgan fingerprint density at radius 2 is 1.91 bits per heavy atom. The molecule has 4 heterocycles. The first kappa shape index (κ1) is 29.4. The van der Waals surface area contributed by atoms with Crippen LogP contribution < -0.4 is 10.1 Å². The maximum Gasteiger partial charge on any atom is 0.435 e. The highest BCUT2D eigenvalue weighted by Gasteiger charge is 2.34. The van der Waals surface area contributed by atoms with Crippen LogP contribution in [-0.2, 0) is 24.6 Å². The van der Waals surface area contributed by atoms with E-state index in [1.165, 1.54) is 30.6 Å². The van der Waals surface area contributed by atoms with Gasteiger partial charge in [0.15, 0.2) is 11.5 Å². The average molecular weight is 617 g/mol. The zero-order valence-electron chi connectivity index (χ0n) is 22.4. The molecule has 5 rings (SSSR count). The summed E-state index contributed by atoms with van der Waals surface area (Å²) in [6.07, 6.45) is 2.34. The second-order valence-corrected chi connectivity index (χ2v) is 9.28. The van der Waals surface area contributed by atoms with Gasteiger partial charge in [0.2, 0.25) is 11.8 Å². The van der Waals surface area contributed by atoms with E-state index in [1.54, 1.807) is 30.9 Å². The van der Waals surface area contributed by atoms with E-state index in [4.69, 9.17) is 21.1 Å². The number of nitrogens with one attached hydrogen (secondary N) is 1. The van der Waals surface area contributed by atoms with Crippen molar-refractivity contribution in [3.8, 4) is 22.8 Å². The molecular weight excluding hydrogens is 596 g/mol. The Morgan fingerprint density at radius 3 is 2.58 bits per heavy atom. The minimum atomic E-state index is -4.71. The molecule has 4 aromatic heterocycles. The Balaban J connectivity index is 1.58. The monoisotopic (exact) mass is 616 g/mol. The lowest BCUT2D eigenvalue weighted by molar-refractivity contribution is -0.141. The van der Waals surface area contributed by atoms with Gasteiger partial charge in [0, 0.05) is 54.8 Å². The molecule has 0 saturated heterocycles. The number of pyridine rings is 1. The van der Waals surface area contributed by atoms with Gasteiger partial charge in [-0.2, -0.15) is 23.3 Å². The number of nitrogens with zero attached hydrogens (tertiary/aromatic N) is 7. The van der Waals surface area contributed by atoms with E-state index in [9.17, 15) is 22.4 Å². The van der Waals surface area contributed by atoms with Crippen LogP contribution in [0.1, 0.15) is 28.8 Å². The molecular formula is C27H21ClF4N8O3. The molecule has 1 aromatic carbocycles. The van der Waals surface area contributed by atoms with E-state index >= 15 is 0 Å². The van der Waals surface area contributed by atoms with Crippen molar-refractivity contribution in [1.82, 2.24) is 34.3 Å². The van der Waals surface area contributed by atoms with Gasteiger partial charge in [0.25, 0.3) is 0 Å². The molecule has 0 fully saturated rings. The van der Waals surface area contributed by atoms with Crippen LogP contribution in [0.2, 0.25) is 5.02 Å². The second-order valence-electron chi connectivity index (χ2n) is 8.87. The molecule has 0 aliphatic heterocycles. The first-order valence-corrected chi connectivity index (χ1v) is 12.9. The van der Waals surface area contributed by atoms with Crippen LogP contribution in [0.15, 0.2) is 61.3 Å². The van der Waals surface area contributed by atoms with Crippen molar-refractivity contribution in [3.63, 3.8) is 0 Å². The van der Waals surface area contributed by atoms with Crippen molar-refractivity contribution < 1.29 is 31.8 Å². The Kier molecular flexibility index (Phi) is 8.25. The van der Waals surface area contributed by atoms with Gasteiger partial charge in [0.1, 0.15) is 23.8 Å². The molecule has 222 valence electrons. The number of halogens is 5. The van der Waals surface area contributed by atoms with Crippen molar-refractivity contribution in [2.24, 2.45) is 7.05 Å². The van der Waals surface area contributed by atoms with Crippen LogP contribution >= 0.6 is 11.6 Å². The van der Waals surface area contributed by atoms with E-state index in [0.29, 0.717) is 11.5 Å². The Hall–Kier alpha value is -5.05. The number of esters is 1. The summed E-state index contributed by atoms with van der Waals surface area (Å²) in [4.78, 5) is 29.9. The highest BCUT2D eigenvalue weighted by Crippen LogP contribution is 2.32. The number of hydrogen-bond donors (Lipinski definition) is 1. The van der Waals surface area contributed by atoms with Gasteiger partial charge in [-0.3, -0.25) is 0 Å². The summed E-state index contributed by atoms with van der Waals surface area (Å²) in [6, 6.07) is 6.00. The Morgan fingerprint density at radius 1 is 1.09 bits per heavy atom. The lowest BCUT2D eigenvalue weighted by Crippen LogP contribution is -2.12. The van der Waals surface area contributed by atoms with Crippen LogP contribution in [0.3, 0.4) is 0 Å². The molecule has 0 unspecified atom stereocenters. The number of benzene rings is 1. The summed E-state index contributed by atoms with van der Waals surface area (Å²) >= 11 is 5.86. The van der Waals surface area contributed by atoms with Crippen molar-refractivity contribution in [1.29, 1.82) is 0 Å². The largest absolute Gasteiger partial charge is 0.469 e. The van der Waals surface area contributed by atoms with Crippen molar-refractivity contribution in [2.45, 2.75) is 19.7 Å². The molecule has 1 N–H and O–H groups in total. The average Bonchev–Trinajstić information content (AvgIpc) is 3.63. The molecule has 0 saturated carbocycles. The van der Waals surface area contributed by atoms with Gasteiger partial charge in [-0.1, -0.05) is 11.6 Å². The fourth-order valence-corrected chi connectivity index (χ4v) is 4.03. The van der Waals surface area contributed by atoms with E-state index in [2.05, 4.69) is 30.4 Å². The highest BCUT2D eigenvalue weighted by atomic mass is 35.5. The summed E-state index contributed by atoms with van der Waals surface area (Å²) in [5.74, 6) is -0.992. The number of rotatable bonds is 9. The van der Waals surface area contributed by atoms with E-state index in [-0.39, 0.29) is 52.6 Å². The number of aromatic nitrogens is 7. The van der Waals surface area contributed by atoms with Gasteiger partial charge in [0.05, 0.1) is 11.6 Å². The van der Waals surface area contributed by atoms with Gasteiger partial charge in [-0.25, -0.2) is 28.8 Å². The van der Waals surface area contributed by atoms with Crippen LogP contribution in [0.25, 0.3) is 16.9 Å². The Labute approximate surface area is 246 Å². The molecule has 16 heteroatoms. The zero-order chi connectivity index (χ0) is 30.7. The zero-order valence-corrected chi connectivity index (χ0v) is 23.2. The summed E-state index contributed by atoms with van der Waals surface area (Å²) in [6.45, 7) is 1.70. The van der Waals surface area contributed by atoms with Gasteiger partial charge in [-0.15, -0.1) is 0 Å². The third-order valence-electron chi connectivity index (χ3n) is 5.96. The number of alkyl halides is 3. The first-order valence-electron chi connectivity index (χ1n) is 12.5. The maximum atomic E-state index is 13.6. The molecule has 43 heavy (non-hydrogen) atoms. The Bertz CT molecular complexity index is 1790. The van der Waals surface area contributed by atoms with Gasteiger partial charge >= 0.3 is 12.1 Å². The van der Waals surface area contributed by atoms with Crippen molar-refractivity contribution in [3.05, 3.63) is 89.2 Å². The minimum absolute atomic E-state index is 0.00210. The predicted octanol–water partition coefficient (Wildman–Crippen LogP) is 5.77. The fraction of sp³-hybridized carbons (Fsp3) is 0.185. The first-order chi connectivity index (χ1) is 20.5. The molecule has 11 nitrogen and oxygen atoms in total. The molecule has 0 spiro atoms. The SMILES string of the molecule is CCOC(=O)c1cc(-c2cnc(Nc3ccc(F)c(Cl)c3)nc2-n2ccc(C(F)(F)F)n2)cnc1OCc1nccn1C. The summed E-state index contributed by atoms with van der Waals surface area (Å²) < 4.78 is 67.4. The summed E-state index contributed by atoms with van der Waals surface area (Å²) in [7, 11) is 1.78. The third kappa shape index (κ3) is 6.56. The number of hydrogen-bond acceptors (Lipinski definition) is 9. The van der Waals surface area contributed by atoms with Crippen LogP contribution in [0.4, 0.5) is 29.2 Å². The quantitative estimate of drug-likeness (QED) is 0.162. The fourth-order valence-electron chi connectivity index (χ4n) is 3.85. The lowest BCUT2D eigenvalue weighted by atomic mass is 10.1. The summed E-state index contributed by atoms with van der Waals surface area (Å²) in [5.41, 5.74) is -0.447. The van der Waals surface area contributed by atoms with E-state index in [0.717, 1.165) is 23.0 Å². The molecule has 0 atom stereocenters. The van der Waals surface area contributed by atoms with E-state index in [1.807, 2.05) is 0 Å². The van der Waals surface area contributed by atoms with E-state index < -0.39 is 23.7 Å². The number of aryl methyl sites for hydroxylation is 1. The minimum Gasteiger partial charge on any atom is -0.469 e. The number of carbonyl (C=O) groups excluding carboxylic acids is 1. The standard InChI is InChI=1S/C27H21ClF4N8O3/c1-3-42-25(41)17-10-15(12-34-24(17)43-14-22-33-7-9-39(22)2)18-13-35-26(36-16-4-5-20(29)19(28)11-16)37-23(18)40-8-6-21(38-40)27(30,31)32/h4-13H,3,14H2,1-2H3,(H,35,36,37).